The number of rotatable bonds is 8. The van der Waals surface area contributed by atoms with Crippen LogP contribution in [0.25, 0.3) is 0 Å². The lowest BCUT2D eigenvalue weighted by Gasteiger charge is -2.14. The average molecular weight is 584 g/mol. The highest BCUT2D eigenvalue weighted by Gasteiger charge is 2.21. The molecular formula is C28H26ClN3O5S2. The quantitative estimate of drug-likeness (QED) is 0.231. The highest BCUT2D eigenvalue weighted by atomic mass is 35.5. The molecule has 202 valence electrons. The first-order valence-electron chi connectivity index (χ1n) is 11.8. The van der Waals surface area contributed by atoms with E-state index in [0.29, 0.717) is 33.2 Å². The van der Waals surface area contributed by atoms with Gasteiger partial charge in [0.15, 0.2) is 0 Å². The number of hydrogen-bond donors (Lipinski definition) is 3. The molecule has 4 rings (SSSR count). The first kappa shape index (κ1) is 28.2. The van der Waals surface area contributed by atoms with Crippen molar-refractivity contribution in [2.45, 2.75) is 30.6 Å². The van der Waals surface area contributed by atoms with E-state index in [1.807, 2.05) is 6.07 Å². The Morgan fingerprint density at radius 2 is 1.28 bits per heavy atom. The van der Waals surface area contributed by atoms with Gasteiger partial charge in [-0.05, 0) is 92.1 Å². The number of amides is 1. The number of carbonyl (C=O) groups excluding carboxylic acids is 1. The maximum atomic E-state index is 13.1. The Morgan fingerprint density at radius 3 is 1.97 bits per heavy atom. The van der Waals surface area contributed by atoms with Crippen molar-refractivity contribution < 1.29 is 21.6 Å². The van der Waals surface area contributed by atoms with E-state index < -0.39 is 26.0 Å². The molecule has 11 heteroatoms. The lowest BCUT2D eigenvalue weighted by atomic mass is 10.1. The number of para-hydroxylation sites is 1. The number of aryl methyl sites for hydroxylation is 3. The van der Waals surface area contributed by atoms with E-state index in [1.165, 1.54) is 42.5 Å². The maximum absolute atomic E-state index is 13.1. The summed E-state index contributed by atoms with van der Waals surface area (Å²) in [5.74, 6) is -0.550. The third-order valence-corrected chi connectivity index (χ3v) is 9.12. The lowest BCUT2D eigenvalue weighted by Crippen LogP contribution is -2.17. The molecule has 0 aliphatic rings. The Morgan fingerprint density at radius 1 is 0.667 bits per heavy atom. The standard InChI is InChI=1S/C28H26ClN3O5S2/c1-18-6-4-5-7-25(18)31-39(36,37)27-16-21(10-8-20(27)3)28(33)30-23-12-14-24(15-13-23)38(34,35)32-26-17-22(29)11-9-19(26)2/h4-17,31-32H,1-3H3,(H,30,33). The predicted molar refractivity (Wildman–Crippen MR) is 155 cm³/mol. The smallest absolute Gasteiger partial charge is 0.262 e. The van der Waals surface area contributed by atoms with E-state index in [0.717, 1.165) is 5.56 Å². The van der Waals surface area contributed by atoms with Crippen molar-refractivity contribution in [3.63, 3.8) is 0 Å². The van der Waals surface area contributed by atoms with Crippen molar-refractivity contribution >= 4 is 54.6 Å². The molecule has 0 saturated carbocycles. The zero-order chi connectivity index (χ0) is 28.4. The van der Waals surface area contributed by atoms with Gasteiger partial charge in [-0.25, -0.2) is 16.8 Å². The van der Waals surface area contributed by atoms with Gasteiger partial charge in [0.1, 0.15) is 0 Å². The monoisotopic (exact) mass is 583 g/mol. The van der Waals surface area contributed by atoms with Crippen molar-refractivity contribution in [1.82, 2.24) is 0 Å². The summed E-state index contributed by atoms with van der Waals surface area (Å²) in [5, 5.41) is 3.07. The zero-order valence-corrected chi connectivity index (χ0v) is 23.7. The predicted octanol–water partition coefficient (Wildman–Crippen LogP) is 6.12. The number of anilines is 3. The molecule has 4 aromatic rings. The summed E-state index contributed by atoms with van der Waals surface area (Å²) in [6, 6.07) is 21.9. The Bertz CT molecular complexity index is 1770. The van der Waals surface area contributed by atoms with Crippen LogP contribution in [0.1, 0.15) is 27.0 Å². The van der Waals surface area contributed by atoms with Crippen LogP contribution in [0, 0.1) is 20.8 Å². The number of benzene rings is 4. The second kappa shape index (κ2) is 11.1. The van der Waals surface area contributed by atoms with Crippen LogP contribution in [-0.2, 0) is 20.0 Å². The molecule has 0 aliphatic heterocycles. The Kier molecular flexibility index (Phi) is 8.01. The Hall–Kier alpha value is -3.86. The Labute approximate surface area is 233 Å². The number of carbonyl (C=O) groups is 1. The minimum atomic E-state index is -3.96. The summed E-state index contributed by atoms with van der Waals surface area (Å²) in [6.07, 6.45) is 0. The third kappa shape index (κ3) is 6.59. The van der Waals surface area contributed by atoms with Crippen LogP contribution < -0.4 is 14.8 Å². The fourth-order valence-electron chi connectivity index (χ4n) is 3.75. The van der Waals surface area contributed by atoms with E-state index in [4.69, 9.17) is 11.6 Å². The van der Waals surface area contributed by atoms with Gasteiger partial charge in [-0.3, -0.25) is 14.2 Å². The van der Waals surface area contributed by atoms with Crippen LogP contribution in [-0.4, -0.2) is 22.7 Å². The topological polar surface area (TPSA) is 121 Å². The van der Waals surface area contributed by atoms with Gasteiger partial charge < -0.3 is 5.32 Å². The molecule has 8 nitrogen and oxygen atoms in total. The largest absolute Gasteiger partial charge is 0.322 e. The summed E-state index contributed by atoms with van der Waals surface area (Å²) in [6.45, 7) is 5.19. The highest BCUT2D eigenvalue weighted by molar-refractivity contribution is 7.93. The van der Waals surface area contributed by atoms with E-state index in [2.05, 4.69) is 14.8 Å². The fourth-order valence-corrected chi connectivity index (χ4v) is 6.44. The molecule has 0 fully saturated rings. The van der Waals surface area contributed by atoms with Crippen molar-refractivity contribution in [2.24, 2.45) is 0 Å². The SMILES string of the molecule is Cc1ccc(Cl)cc1NS(=O)(=O)c1ccc(NC(=O)c2ccc(C)c(S(=O)(=O)Nc3ccccc3C)c2)cc1. The van der Waals surface area contributed by atoms with Crippen LogP contribution in [0.3, 0.4) is 0 Å². The Balaban J connectivity index is 1.51. The molecule has 0 atom stereocenters. The van der Waals surface area contributed by atoms with E-state index in [1.54, 1.807) is 57.2 Å². The van der Waals surface area contributed by atoms with Crippen LogP contribution in [0.15, 0.2) is 94.7 Å². The second-order valence-electron chi connectivity index (χ2n) is 8.94. The van der Waals surface area contributed by atoms with E-state index in [-0.39, 0.29) is 15.4 Å². The number of halogens is 1. The van der Waals surface area contributed by atoms with Crippen LogP contribution >= 0.6 is 11.6 Å². The average Bonchev–Trinajstić information content (AvgIpc) is 2.88. The molecule has 0 bridgehead atoms. The maximum Gasteiger partial charge on any atom is 0.262 e. The molecular weight excluding hydrogens is 558 g/mol. The van der Waals surface area contributed by atoms with E-state index in [9.17, 15) is 21.6 Å². The minimum Gasteiger partial charge on any atom is -0.322 e. The van der Waals surface area contributed by atoms with Gasteiger partial charge in [-0.1, -0.05) is 41.9 Å². The van der Waals surface area contributed by atoms with Crippen LogP contribution in [0.4, 0.5) is 17.1 Å². The molecule has 3 N–H and O–H groups in total. The van der Waals surface area contributed by atoms with Crippen LogP contribution in [0.5, 0.6) is 0 Å². The van der Waals surface area contributed by atoms with Gasteiger partial charge in [0.05, 0.1) is 21.2 Å². The minimum absolute atomic E-state index is 0.00845. The first-order valence-corrected chi connectivity index (χ1v) is 15.1. The number of hydrogen-bond acceptors (Lipinski definition) is 5. The van der Waals surface area contributed by atoms with Gasteiger partial charge in [0, 0.05) is 16.3 Å². The van der Waals surface area contributed by atoms with Gasteiger partial charge in [0.25, 0.3) is 26.0 Å². The summed E-state index contributed by atoms with van der Waals surface area (Å²) in [7, 11) is -7.86. The molecule has 0 radical (unpaired) electrons. The van der Waals surface area contributed by atoms with Crippen molar-refractivity contribution in [3.05, 3.63) is 112 Å². The normalized spacial score (nSPS) is 11.6. The van der Waals surface area contributed by atoms with Gasteiger partial charge in [0.2, 0.25) is 0 Å². The summed E-state index contributed by atoms with van der Waals surface area (Å²) < 4.78 is 56.9. The second-order valence-corrected chi connectivity index (χ2v) is 12.7. The zero-order valence-electron chi connectivity index (χ0n) is 21.3. The van der Waals surface area contributed by atoms with Gasteiger partial charge in [-0.2, -0.15) is 0 Å². The van der Waals surface area contributed by atoms with Gasteiger partial charge >= 0.3 is 0 Å². The molecule has 0 heterocycles. The molecule has 1 amide bonds. The first-order chi connectivity index (χ1) is 18.4. The third-order valence-electron chi connectivity index (χ3n) is 6.00. The van der Waals surface area contributed by atoms with Gasteiger partial charge in [-0.15, -0.1) is 0 Å². The number of sulfonamides is 2. The molecule has 0 aliphatic carbocycles. The molecule has 0 spiro atoms. The van der Waals surface area contributed by atoms with Crippen LogP contribution in [0.2, 0.25) is 5.02 Å². The molecule has 0 unspecified atom stereocenters. The molecule has 0 aromatic heterocycles. The van der Waals surface area contributed by atoms with Crippen molar-refractivity contribution in [2.75, 3.05) is 14.8 Å². The summed E-state index contributed by atoms with van der Waals surface area (Å²) in [4.78, 5) is 12.9. The summed E-state index contributed by atoms with van der Waals surface area (Å²) in [5.41, 5.74) is 3.21. The fraction of sp³-hybridized carbons (Fsp3) is 0.107. The van der Waals surface area contributed by atoms with Crippen molar-refractivity contribution in [3.8, 4) is 0 Å². The highest BCUT2D eigenvalue weighted by Crippen LogP contribution is 2.25. The molecule has 39 heavy (non-hydrogen) atoms. The van der Waals surface area contributed by atoms with E-state index >= 15 is 0 Å². The lowest BCUT2D eigenvalue weighted by molar-refractivity contribution is 0.102. The molecule has 0 saturated heterocycles. The molecule has 4 aromatic carbocycles. The van der Waals surface area contributed by atoms with Crippen molar-refractivity contribution in [1.29, 1.82) is 0 Å². The summed E-state index contributed by atoms with van der Waals surface area (Å²) >= 11 is 5.99. The number of nitrogens with one attached hydrogen (secondary N) is 3.